The van der Waals surface area contributed by atoms with Crippen LogP contribution in [0.4, 0.5) is 0 Å². The number of likely N-dealkylation sites (tertiary alicyclic amines) is 1. The highest BCUT2D eigenvalue weighted by Gasteiger charge is 2.27. The van der Waals surface area contributed by atoms with Gasteiger partial charge in [-0.1, -0.05) is 12.1 Å². The molecule has 0 saturated carbocycles. The van der Waals surface area contributed by atoms with E-state index in [0.29, 0.717) is 18.0 Å². The minimum Gasteiger partial charge on any atom is -0.348 e. The van der Waals surface area contributed by atoms with Crippen LogP contribution in [0.25, 0.3) is 5.65 Å². The van der Waals surface area contributed by atoms with Crippen LogP contribution >= 0.6 is 0 Å². The molecule has 0 atom stereocenters. The van der Waals surface area contributed by atoms with E-state index in [1.165, 1.54) is 18.4 Å². The predicted octanol–water partition coefficient (Wildman–Crippen LogP) is 4.24. The van der Waals surface area contributed by atoms with Gasteiger partial charge in [0.15, 0.2) is 0 Å². The summed E-state index contributed by atoms with van der Waals surface area (Å²) in [6.07, 6.45) is 8.00. The van der Waals surface area contributed by atoms with Crippen LogP contribution in [0.15, 0.2) is 55.0 Å². The van der Waals surface area contributed by atoms with Gasteiger partial charge in [-0.3, -0.25) is 9.69 Å². The SMILES string of the molecule is CC(C)(C)N1CCC(c2ccc(C(=O)NCc3ccn4ccnc4c3)cc2)CC1. The van der Waals surface area contributed by atoms with Crippen molar-refractivity contribution in [3.63, 3.8) is 0 Å². The lowest BCUT2D eigenvalue weighted by atomic mass is 9.87. The normalized spacial score (nSPS) is 16.2. The molecular formula is C24H30N4O. The van der Waals surface area contributed by atoms with Crippen molar-refractivity contribution in [2.24, 2.45) is 0 Å². The Hall–Kier alpha value is -2.66. The number of hydrogen-bond donors (Lipinski definition) is 1. The molecule has 1 aliphatic heterocycles. The average molecular weight is 391 g/mol. The predicted molar refractivity (Wildman–Crippen MR) is 116 cm³/mol. The van der Waals surface area contributed by atoms with Crippen molar-refractivity contribution < 1.29 is 4.79 Å². The summed E-state index contributed by atoms with van der Waals surface area (Å²) in [6, 6.07) is 12.2. The molecule has 5 nitrogen and oxygen atoms in total. The molecule has 2 aromatic heterocycles. The number of rotatable bonds is 4. The molecule has 1 aromatic carbocycles. The molecule has 0 unspecified atom stereocenters. The maximum Gasteiger partial charge on any atom is 0.251 e. The van der Waals surface area contributed by atoms with Crippen LogP contribution in [0.3, 0.4) is 0 Å². The van der Waals surface area contributed by atoms with E-state index in [9.17, 15) is 4.79 Å². The molecule has 3 heterocycles. The van der Waals surface area contributed by atoms with Crippen LogP contribution in [-0.4, -0.2) is 38.8 Å². The van der Waals surface area contributed by atoms with E-state index in [4.69, 9.17) is 0 Å². The summed E-state index contributed by atoms with van der Waals surface area (Å²) in [5.41, 5.74) is 4.23. The Morgan fingerprint density at radius 2 is 1.83 bits per heavy atom. The molecule has 3 aromatic rings. The summed E-state index contributed by atoms with van der Waals surface area (Å²) in [7, 11) is 0. The number of piperidine rings is 1. The van der Waals surface area contributed by atoms with E-state index in [1.807, 2.05) is 41.1 Å². The Bertz CT molecular complexity index is 976. The molecule has 1 aliphatic rings. The van der Waals surface area contributed by atoms with Crippen LogP contribution in [0.1, 0.15) is 61.0 Å². The first-order valence-electron chi connectivity index (χ1n) is 10.4. The number of imidazole rings is 1. The van der Waals surface area contributed by atoms with E-state index in [2.05, 4.69) is 48.1 Å². The van der Waals surface area contributed by atoms with Gasteiger partial charge in [0, 0.05) is 36.2 Å². The first-order valence-corrected chi connectivity index (χ1v) is 10.4. The molecule has 4 rings (SSSR count). The number of pyridine rings is 1. The number of benzene rings is 1. The van der Waals surface area contributed by atoms with Gasteiger partial charge < -0.3 is 9.72 Å². The molecule has 29 heavy (non-hydrogen) atoms. The maximum atomic E-state index is 12.5. The van der Waals surface area contributed by atoms with Crippen molar-refractivity contribution in [3.8, 4) is 0 Å². The zero-order valence-corrected chi connectivity index (χ0v) is 17.6. The molecular weight excluding hydrogens is 360 g/mol. The van der Waals surface area contributed by atoms with Gasteiger partial charge in [-0.05, 0) is 88.0 Å². The highest BCUT2D eigenvalue weighted by atomic mass is 16.1. The second kappa shape index (κ2) is 7.99. The zero-order valence-electron chi connectivity index (χ0n) is 17.6. The summed E-state index contributed by atoms with van der Waals surface area (Å²) in [5, 5.41) is 3.01. The molecule has 152 valence electrons. The Balaban J connectivity index is 1.33. The molecule has 0 spiro atoms. The number of nitrogens with one attached hydrogen (secondary N) is 1. The maximum absolute atomic E-state index is 12.5. The van der Waals surface area contributed by atoms with Gasteiger partial charge in [-0.2, -0.15) is 0 Å². The molecule has 0 radical (unpaired) electrons. The van der Waals surface area contributed by atoms with Crippen LogP contribution in [0.2, 0.25) is 0 Å². The van der Waals surface area contributed by atoms with E-state index in [1.54, 1.807) is 6.20 Å². The van der Waals surface area contributed by atoms with Crippen molar-refractivity contribution >= 4 is 11.6 Å². The van der Waals surface area contributed by atoms with Crippen LogP contribution in [-0.2, 0) is 6.54 Å². The smallest absolute Gasteiger partial charge is 0.251 e. The fourth-order valence-electron chi connectivity index (χ4n) is 4.14. The van der Waals surface area contributed by atoms with Crippen molar-refractivity contribution in [2.45, 2.75) is 51.6 Å². The highest BCUT2D eigenvalue weighted by Crippen LogP contribution is 2.31. The van der Waals surface area contributed by atoms with Gasteiger partial charge in [0.1, 0.15) is 5.65 Å². The van der Waals surface area contributed by atoms with Gasteiger partial charge in [0.25, 0.3) is 5.91 Å². The second-order valence-corrected chi connectivity index (χ2v) is 8.96. The summed E-state index contributed by atoms with van der Waals surface area (Å²) >= 11 is 0. The monoisotopic (exact) mass is 390 g/mol. The zero-order chi connectivity index (χ0) is 20.4. The Morgan fingerprint density at radius 3 is 2.52 bits per heavy atom. The highest BCUT2D eigenvalue weighted by molar-refractivity contribution is 5.94. The van der Waals surface area contributed by atoms with Crippen molar-refractivity contribution in [2.75, 3.05) is 13.1 Å². The molecule has 5 heteroatoms. The van der Waals surface area contributed by atoms with Gasteiger partial charge in [-0.25, -0.2) is 4.98 Å². The summed E-state index contributed by atoms with van der Waals surface area (Å²) in [6.45, 7) is 9.62. The van der Waals surface area contributed by atoms with Crippen LogP contribution < -0.4 is 5.32 Å². The topological polar surface area (TPSA) is 49.6 Å². The third-order valence-electron chi connectivity index (χ3n) is 6.00. The van der Waals surface area contributed by atoms with Gasteiger partial charge in [-0.15, -0.1) is 0 Å². The van der Waals surface area contributed by atoms with E-state index in [0.717, 1.165) is 24.3 Å². The van der Waals surface area contributed by atoms with Crippen molar-refractivity contribution in [1.82, 2.24) is 19.6 Å². The first-order chi connectivity index (χ1) is 13.9. The first kappa shape index (κ1) is 19.6. The van der Waals surface area contributed by atoms with Gasteiger partial charge in [0.05, 0.1) is 0 Å². The molecule has 1 N–H and O–H groups in total. The minimum absolute atomic E-state index is 0.0395. The number of aromatic nitrogens is 2. The molecule has 0 aliphatic carbocycles. The molecule has 1 saturated heterocycles. The number of carbonyl (C=O) groups is 1. The Labute approximate surface area is 172 Å². The van der Waals surface area contributed by atoms with Crippen molar-refractivity contribution in [1.29, 1.82) is 0 Å². The fourth-order valence-corrected chi connectivity index (χ4v) is 4.14. The Kier molecular flexibility index (Phi) is 5.41. The average Bonchev–Trinajstić information content (AvgIpc) is 3.19. The van der Waals surface area contributed by atoms with Crippen LogP contribution in [0.5, 0.6) is 0 Å². The summed E-state index contributed by atoms with van der Waals surface area (Å²) in [5.74, 6) is 0.550. The molecule has 1 amide bonds. The molecule has 0 bridgehead atoms. The number of amides is 1. The van der Waals surface area contributed by atoms with Crippen LogP contribution in [0, 0.1) is 0 Å². The largest absolute Gasteiger partial charge is 0.348 e. The number of hydrogen-bond acceptors (Lipinski definition) is 3. The number of carbonyl (C=O) groups excluding carboxylic acids is 1. The lowest BCUT2D eigenvalue weighted by molar-refractivity contribution is 0.0950. The summed E-state index contributed by atoms with van der Waals surface area (Å²) < 4.78 is 1.95. The fraction of sp³-hybridized carbons (Fsp3) is 0.417. The number of fused-ring (bicyclic) bond motifs is 1. The van der Waals surface area contributed by atoms with E-state index < -0.39 is 0 Å². The Morgan fingerprint density at radius 1 is 1.10 bits per heavy atom. The lowest BCUT2D eigenvalue weighted by Crippen LogP contribution is -2.45. The van der Waals surface area contributed by atoms with Gasteiger partial charge in [0.2, 0.25) is 0 Å². The second-order valence-electron chi connectivity index (χ2n) is 8.96. The summed E-state index contributed by atoms with van der Waals surface area (Å²) in [4.78, 5) is 19.4. The van der Waals surface area contributed by atoms with Crippen molar-refractivity contribution in [3.05, 3.63) is 71.7 Å². The van der Waals surface area contributed by atoms with E-state index >= 15 is 0 Å². The third kappa shape index (κ3) is 4.51. The third-order valence-corrected chi connectivity index (χ3v) is 6.00. The van der Waals surface area contributed by atoms with E-state index in [-0.39, 0.29) is 11.4 Å². The quantitative estimate of drug-likeness (QED) is 0.725. The minimum atomic E-state index is -0.0395. The lowest BCUT2D eigenvalue weighted by Gasteiger charge is -2.41. The van der Waals surface area contributed by atoms with Gasteiger partial charge >= 0.3 is 0 Å². The standard InChI is InChI=1S/C24H30N4O/c1-24(2,3)28-13-9-20(10-14-28)19-4-6-21(7-5-19)23(29)26-17-18-8-12-27-15-11-25-22(27)16-18/h4-8,11-12,15-16,20H,9-10,13-14,17H2,1-3H3,(H,26,29). The number of nitrogens with zero attached hydrogens (tertiary/aromatic N) is 3. The molecule has 1 fully saturated rings.